The normalized spacial score (nSPS) is 9.80. The lowest BCUT2D eigenvalue weighted by Gasteiger charge is -2.14. The van der Waals surface area contributed by atoms with Crippen LogP contribution < -0.4 is 10.1 Å². The van der Waals surface area contributed by atoms with Gasteiger partial charge in [-0.25, -0.2) is 4.79 Å². The number of amides is 1. The highest BCUT2D eigenvalue weighted by Gasteiger charge is 2.28. The average Bonchev–Trinajstić information content (AvgIpc) is 2.37. The Bertz CT molecular complexity index is 582. The molecule has 0 saturated carbocycles. The molecule has 8 nitrogen and oxygen atoms in total. The molecule has 0 aliphatic carbocycles. The Labute approximate surface area is 114 Å². The maximum atomic E-state index is 11.8. The van der Waals surface area contributed by atoms with Gasteiger partial charge in [-0.2, -0.15) is 0 Å². The van der Waals surface area contributed by atoms with Crippen LogP contribution in [0.3, 0.4) is 0 Å². The molecule has 20 heavy (non-hydrogen) atoms. The molecule has 1 aromatic rings. The summed E-state index contributed by atoms with van der Waals surface area (Å²) in [6.07, 6.45) is 0. The second kappa shape index (κ2) is 6.00. The summed E-state index contributed by atoms with van der Waals surface area (Å²) in [5.41, 5.74) is -0.404. The quantitative estimate of drug-likeness (QED) is 0.511. The lowest BCUT2D eigenvalue weighted by molar-refractivity contribution is -0.384. The monoisotopic (exact) mass is 282 g/mol. The number of nitro benzene ring substituents is 1. The van der Waals surface area contributed by atoms with Gasteiger partial charge in [0.2, 0.25) is 5.91 Å². The Morgan fingerprint density at radius 2 is 1.95 bits per heavy atom. The molecule has 0 fully saturated rings. The van der Waals surface area contributed by atoms with Gasteiger partial charge in [-0.3, -0.25) is 14.9 Å². The number of anilines is 1. The summed E-state index contributed by atoms with van der Waals surface area (Å²) in [6, 6.07) is 1.15. The van der Waals surface area contributed by atoms with Gasteiger partial charge in [0.25, 0.3) is 5.69 Å². The van der Waals surface area contributed by atoms with E-state index in [4.69, 9.17) is 4.74 Å². The van der Waals surface area contributed by atoms with Crippen molar-refractivity contribution in [1.82, 2.24) is 0 Å². The first-order chi connectivity index (χ1) is 9.33. The SMILES string of the molecule is COC(=O)c1c(C)c(OC)cc([N+](=O)[O-])c1NC(C)=O. The first-order valence-corrected chi connectivity index (χ1v) is 5.55. The summed E-state index contributed by atoms with van der Waals surface area (Å²) in [5, 5.41) is 13.4. The van der Waals surface area contributed by atoms with E-state index in [2.05, 4.69) is 10.1 Å². The van der Waals surface area contributed by atoms with E-state index in [0.29, 0.717) is 5.56 Å². The van der Waals surface area contributed by atoms with Crippen molar-refractivity contribution in [1.29, 1.82) is 0 Å². The summed E-state index contributed by atoms with van der Waals surface area (Å²) >= 11 is 0. The second-order valence-corrected chi connectivity index (χ2v) is 3.90. The summed E-state index contributed by atoms with van der Waals surface area (Å²) in [6.45, 7) is 2.73. The topological polar surface area (TPSA) is 108 Å². The molecule has 8 heteroatoms. The molecule has 0 aliphatic rings. The number of hydrogen-bond donors (Lipinski definition) is 1. The molecule has 0 heterocycles. The Morgan fingerprint density at radius 3 is 2.35 bits per heavy atom. The van der Waals surface area contributed by atoms with E-state index in [1.807, 2.05) is 0 Å². The van der Waals surface area contributed by atoms with Crippen molar-refractivity contribution in [3.8, 4) is 5.75 Å². The van der Waals surface area contributed by atoms with Crippen molar-refractivity contribution >= 4 is 23.3 Å². The van der Waals surface area contributed by atoms with Gasteiger partial charge in [-0.15, -0.1) is 0 Å². The van der Waals surface area contributed by atoms with Crippen LogP contribution in [-0.4, -0.2) is 31.0 Å². The van der Waals surface area contributed by atoms with Crippen molar-refractivity contribution in [3.05, 3.63) is 27.3 Å². The van der Waals surface area contributed by atoms with E-state index in [1.165, 1.54) is 14.0 Å². The number of ether oxygens (including phenoxy) is 2. The highest BCUT2D eigenvalue weighted by molar-refractivity contribution is 6.05. The molecular weight excluding hydrogens is 268 g/mol. The molecule has 1 amide bonds. The fourth-order valence-corrected chi connectivity index (χ4v) is 1.76. The van der Waals surface area contributed by atoms with Crippen LogP contribution >= 0.6 is 0 Å². The fourth-order valence-electron chi connectivity index (χ4n) is 1.76. The van der Waals surface area contributed by atoms with Crippen molar-refractivity contribution in [3.63, 3.8) is 0 Å². The fraction of sp³-hybridized carbons (Fsp3) is 0.333. The maximum absolute atomic E-state index is 11.8. The van der Waals surface area contributed by atoms with Gasteiger partial charge < -0.3 is 14.8 Å². The molecule has 108 valence electrons. The number of nitrogens with one attached hydrogen (secondary N) is 1. The number of esters is 1. The third-order valence-corrected chi connectivity index (χ3v) is 2.63. The molecule has 0 bridgehead atoms. The van der Waals surface area contributed by atoms with Crippen molar-refractivity contribution in [2.24, 2.45) is 0 Å². The summed E-state index contributed by atoms with van der Waals surface area (Å²) < 4.78 is 9.61. The van der Waals surface area contributed by atoms with E-state index in [0.717, 1.165) is 13.2 Å². The summed E-state index contributed by atoms with van der Waals surface area (Å²) in [5.74, 6) is -1.18. The average molecular weight is 282 g/mol. The number of carbonyl (C=O) groups excluding carboxylic acids is 2. The van der Waals surface area contributed by atoms with E-state index in [-0.39, 0.29) is 17.0 Å². The molecule has 0 radical (unpaired) electrons. The summed E-state index contributed by atoms with van der Waals surface area (Å²) in [4.78, 5) is 33.4. The predicted octanol–water partition coefficient (Wildman–Crippen LogP) is 1.66. The zero-order chi connectivity index (χ0) is 15.4. The molecule has 1 rings (SSSR count). The van der Waals surface area contributed by atoms with Crippen LogP contribution in [0, 0.1) is 17.0 Å². The minimum Gasteiger partial charge on any atom is -0.496 e. The first kappa shape index (κ1) is 15.4. The van der Waals surface area contributed by atoms with E-state index >= 15 is 0 Å². The maximum Gasteiger partial charge on any atom is 0.340 e. The standard InChI is InChI=1S/C12H14N2O6/c1-6-9(19-3)5-8(14(17)18)11(13-7(2)15)10(6)12(16)20-4/h5H,1-4H3,(H,13,15). The third-order valence-electron chi connectivity index (χ3n) is 2.63. The van der Waals surface area contributed by atoms with Gasteiger partial charge in [0.1, 0.15) is 11.4 Å². The predicted molar refractivity (Wildman–Crippen MR) is 70.0 cm³/mol. The van der Waals surface area contributed by atoms with Gasteiger partial charge in [-0.05, 0) is 6.92 Å². The van der Waals surface area contributed by atoms with Crippen LogP contribution in [0.4, 0.5) is 11.4 Å². The van der Waals surface area contributed by atoms with E-state index in [1.54, 1.807) is 6.92 Å². The van der Waals surface area contributed by atoms with Crippen molar-refractivity contribution in [2.75, 3.05) is 19.5 Å². The number of benzene rings is 1. The smallest absolute Gasteiger partial charge is 0.340 e. The molecule has 0 saturated heterocycles. The zero-order valence-corrected chi connectivity index (χ0v) is 11.5. The molecule has 0 unspecified atom stereocenters. The lowest BCUT2D eigenvalue weighted by Crippen LogP contribution is -2.16. The number of methoxy groups -OCH3 is 2. The van der Waals surface area contributed by atoms with Crippen LogP contribution in [0.25, 0.3) is 0 Å². The molecule has 0 aromatic heterocycles. The molecule has 0 spiro atoms. The number of nitrogens with zero attached hydrogens (tertiary/aromatic N) is 1. The number of hydrogen-bond acceptors (Lipinski definition) is 6. The molecule has 1 N–H and O–H groups in total. The Balaban J connectivity index is 3.72. The first-order valence-electron chi connectivity index (χ1n) is 5.55. The van der Waals surface area contributed by atoms with E-state index in [9.17, 15) is 19.7 Å². The molecule has 0 aliphatic heterocycles. The summed E-state index contributed by atoms with van der Waals surface area (Å²) in [7, 11) is 2.47. The van der Waals surface area contributed by atoms with E-state index < -0.39 is 22.5 Å². The van der Waals surface area contributed by atoms with Gasteiger partial charge >= 0.3 is 5.97 Å². The van der Waals surface area contributed by atoms with Crippen LogP contribution in [0.2, 0.25) is 0 Å². The largest absolute Gasteiger partial charge is 0.496 e. The highest BCUT2D eigenvalue weighted by Crippen LogP contribution is 2.37. The molecule has 1 aromatic carbocycles. The van der Waals surface area contributed by atoms with Crippen LogP contribution in [0.5, 0.6) is 5.75 Å². The van der Waals surface area contributed by atoms with Crippen molar-refractivity contribution < 1.29 is 24.0 Å². The Morgan fingerprint density at radius 1 is 1.35 bits per heavy atom. The van der Waals surface area contributed by atoms with Crippen molar-refractivity contribution in [2.45, 2.75) is 13.8 Å². The number of nitro groups is 1. The van der Waals surface area contributed by atoms with Gasteiger partial charge in [0, 0.05) is 12.5 Å². The number of carbonyl (C=O) groups is 2. The highest BCUT2D eigenvalue weighted by atomic mass is 16.6. The minimum atomic E-state index is -0.798. The second-order valence-electron chi connectivity index (χ2n) is 3.90. The zero-order valence-electron chi connectivity index (χ0n) is 11.5. The minimum absolute atomic E-state index is 0.103. The van der Waals surface area contributed by atoms with Gasteiger partial charge in [-0.1, -0.05) is 0 Å². The Hall–Kier alpha value is -2.64. The number of rotatable bonds is 4. The Kier molecular flexibility index (Phi) is 4.63. The molecular formula is C12H14N2O6. The van der Waals surface area contributed by atoms with Crippen LogP contribution in [-0.2, 0) is 9.53 Å². The van der Waals surface area contributed by atoms with Gasteiger partial charge in [0.05, 0.1) is 30.8 Å². The van der Waals surface area contributed by atoms with Gasteiger partial charge in [0.15, 0.2) is 0 Å². The lowest BCUT2D eigenvalue weighted by atomic mass is 10.0. The third kappa shape index (κ3) is 2.85. The van der Waals surface area contributed by atoms with Crippen LogP contribution in [0.15, 0.2) is 6.07 Å². The van der Waals surface area contributed by atoms with Crippen LogP contribution in [0.1, 0.15) is 22.8 Å². The molecule has 0 atom stereocenters.